The number of nitrogens with zero attached hydrogens (tertiary/aromatic N) is 1. The fraction of sp³-hybridized carbons (Fsp3) is 0.286. The number of hydrogen-bond donors (Lipinski definition) is 1. The molecule has 1 aliphatic heterocycles. The zero-order valence-corrected chi connectivity index (χ0v) is 21.4. The van der Waals surface area contributed by atoms with Crippen LogP contribution in [0.25, 0.3) is 0 Å². The lowest BCUT2D eigenvalue weighted by Crippen LogP contribution is -2.32. The van der Waals surface area contributed by atoms with Crippen LogP contribution in [0.5, 0.6) is 11.5 Å². The van der Waals surface area contributed by atoms with Crippen molar-refractivity contribution < 1.29 is 27.5 Å². The summed E-state index contributed by atoms with van der Waals surface area (Å²) in [6, 6.07) is 21.8. The molecule has 0 aliphatic carbocycles. The summed E-state index contributed by atoms with van der Waals surface area (Å²) in [5.74, 6) is 0.107. The molecule has 3 aromatic carbocycles. The van der Waals surface area contributed by atoms with E-state index in [0.29, 0.717) is 30.3 Å². The molecular formula is C28H30N2O6S. The zero-order chi connectivity index (χ0) is 26.3. The van der Waals surface area contributed by atoms with Gasteiger partial charge in [-0.15, -0.1) is 0 Å². The van der Waals surface area contributed by atoms with E-state index >= 15 is 0 Å². The number of esters is 1. The topological polar surface area (TPSA) is 102 Å². The van der Waals surface area contributed by atoms with E-state index in [1.165, 1.54) is 35.5 Å². The molecule has 1 aliphatic rings. The van der Waals surface area contributed by atoms with E-state index in [2.05, 4.69) is 5.32 Å². The van der Waals surface area contributed by atoms with Gasteiger partial charge in [-0.3, -0.25) is 4.79 Å². The molecule has 3 aromatic rings. The molecule has 37 heavy (non-hydrogen) atoms. The molecule has 8 nitrogen and oxygen atoms in total. The van der Waals surface area contributed by atoms with E-state index in [0.717, 1.165) is 25.7 Å². The number of benzene rings is 3. The molecule has 0 spiro atoms. The third kappa shape index (κ3) is 6.96. The van der Waals surface area contributed by atoms with Crippen LogP contribution in [-0.4, -0.2) is 43.8 Å². The molecule has 1 N–H and O–H groups in total. The van der Waals surface area contributed by atoms with Crippen molar-refractivity contribution in [2.24, 2.45) is 0 Å². The molecule has 0 radical (unpaired) electrons. The van der Waals surface area contributed by atoms with Crippen molar-refractivity contribution in [1.82, 2.24) is 4.31 Å². The normalized spacial score (nSPS) is 15.3. The van der Waals surface area contributed by atoms with Gasteiger partial charge in [0.05, 0.1) is 10.5 Å². The Bertz CT molecular complexity index is 1300. The van der Waals surface area contributed by atoms with Crippen molar-refractivity contribution in [3.8, 4) is 11.5 Å². The summed E-state index contributed by atoms with van der Waals surface area (Å²) >= 11 is 0. The largest absolute Gasteiger partial charge is 0.457 e. The van der Waals surface area contributed by atoms with Gasteiger partial charge in [0.2, 0.25) is 10.0 Å². The summed E-state index contributed by atoms with van der Waals surface area (Å²) in [6.45, 7) is 2.47. The van der Waals surface area contributed by atoms with Gasteiger partial charge < -0.3 is 14.8 Å². The minimum Gasteiger partial charge on any atom is -0.457 e. The first-order chi connectivity index (χ1) is 17.8. The molecule has 1 atom stereocenters. The van der Waals surface area contributed by atoms with Crippen LogP contribution in [0.3, 0.4) is 0 Å². The van der Waals surface area contributed by atoms with Gasteiger partial charge in [0.15, 0.2) is 6.10 Å². The van der Waals surface area contributed by atoms with Crippen molar-refractivity contribution in [2.75, 3.05) is 18.4 Å². The SMILES string of the molecule is C[C@H](OC(=O)c1ccc(S(=O)(=O)N2CCCCCC2)cc1)C(=O)Nc1ccc(Oc2ccccc2)cc1. The number of sulfonamides is 1. The van der Waals surface area contributed by atoms with E-state index in [1.807, 2.05) is 30.3 Å². The minimum absolute atomic E-state index is 0.136. The molecule has 1 saturated heterocycles. The van der Waals surface area contributed by atoms with E-state index in [-0.39, 0.29) is 10.5 Å². The van der Waals surface area contributed by atoms with Crippen LogP contribution in [0, 0.1) is 0 Å². The lowest BCUT2D eigenvalue weighted by atomic mass is 10.2. The molecule has 0 aromatic heterocycles. The van der Waals surface area contributed by atoms with Crippen LogP contribution < -0.4 is 10.1 Å². The lowest BCUT2D eigenvalue weighted by molar-refractivity contribution is -0.123. The Morgan fingerprint density at radius 3 is 2.03 bits per heavy atom. The minimum atomic E-state index is -3.61. The van der Waals surface area contributed by atoms with Crippen LogP contribution in [0.1, 0.15) is 43.0 Å². The molecule has 194 valence electrons. The standard InChI is InChI=1S/C28H30N2O6S/c1-21(27(31)29-23-13-15-25(16-14-23)36-24-9-5-4-6-10-24)35-28(32)22-11-17-26(18-12-22)37(33,34)30-19-7-2-3-8-20-30/h4-6,9-18,21H,2-3,7-8,19-20H2,1H3,(H,29,31)/t21-/m0/s1. The van der Waals surface area contributed by atoms with E-state index in [1.54, 1.807) is 24.3 Å². The average molecular weight is 523 g/mol. The number of carbonyl (C=O) groups excluding carboxylic acids is 2. The second-order valence-electron chi connectivity index (χ2n) is 8.82. The number of hydrogen-bond acceptors (Lipinski definition) is 6. The maximum Gasteiger partial charge on any atom is 0.338 e. The third-order valence-electron chi connectivity index (χ3n) is 6.05. The highest BCUT2D eigenvalue weighted by atomic mass is 32.2. The predicted octanol–water partition coefficient (Wildman–Crippen LogP) is 5.23. The molecule has 1 amide bonds. The molecule has 0 saturated carbocycles. The first-order valence-corrected chi connectivity index (χ1v) is 13.7. The lowest BCUT2D eigenvalue weighted by Gasteiger charge is -2.20. The van der Waals surface area contributed by atoms with Crippen LogP contribution in [0.15, 0.2) is 83.8 Å². The van der Waals surface area contributed by atoms with Gasteiger partial charge in [-0.1, -0.05) is 31.0 Å². The fourth-order valence-electron chi connectivity index (χ4n) is 3.95. The van der Waals surface area contributed by atoms with Crippen LogP contribution in [0.2, 0.25) is 0 Å². The van der Waals surface area contributed by atoms with Gasteiger partial charge in [0, 0.05) is 18.8 Å². The van der Waals surface area contributed by atoms with Crippen LogP contribution >= 0.6 is 0 Å². The Morgan fingerprint density at radius 2 is 1.41 bits per heavy atom. The van der Waals surface area contributed by atoms with Crippen molar-refractivity contribution in [2.45, 2.75) is 43.6 Å². The van der Waals surface area contributed by atoms with E-state index in [4.69, 9.17) is 9.47 Å². The highest BCUT2D eigenvalue weighted by molar-refractivity contribution is 7.89. The second-order valence-corrected chi connectivity index (χ2v) is 10.8. The number of anilines is 1. The number of rotatable bonds is 8. The van der Waals surface area contributed by atoms with Gasteiger partial charge >= 0.3 is 5.97 Å². The summed E-state index contributed by atoms with van der Waals surface area (Å²) in [5.41, 5.74) is 0.688. The summed E-state index contributed by atoms with van der Waals surface area (Å²) in [4.78, 5) is 25.2. The molecule has 0 unspecified atom stereocenters. The molecule has 4 rings (SSSR count). The van der Waals surface area contributed by atoms with Gasteiger partial charge in [0.25, 0.3) is 5.91 Å². The number of carbonyl (C=O) groups is 2. The monoisotopic (exact) mass is 522 g/mol. The number of ether oxygens (including phenoxy) is 2. The fourth-order valence-corrected chi connectivity index (χ4v) is 5.47. The summed E-state index contributed by atoms with van der Waals surface area (Å²) in [7, 11) is -3.61. The van der Waals surface area contributed by atoms with Crippen molar-refractivity contribution in [1.29, 1.82) is 0 Å². The molecule has 1 fully saturated rings. The van der Waals surface area contributed by atoms with Crippen molar-refractivity contribution >= 4 is 27.6 Å². The maximum atomic E-state index is 12.9. The molecule has 0 bridgehead atoms. The quantitative estimate of drug-likeness (QED) is 0.407. The first kappa shape index (κ1) is 26.4. The van der Waals surface area contributed by atoms with Crippen molar-refractivity contribution in [3.63, 3.8) is 0 Å². The Hall–Kier alpha value is -3.69. The maximum absolute atomic E-state index is 12.9. The van der Waals surface area contributed by atoms with Gasteiger partial charge in [-0.2, -0.15) is 4.31 Å². The first-order valence-electron chi connectivity index (χ1n) is 12.3. The van der Waals surface area contributed by atoms with Crippen LogP contribution in [-0.2, 0) is 19.6 Å². The number of nitrogens with one attached hydrogen (secondary N) is 1. The Kier molecular flexibility index (Phi) is 8.58. The van der Waals surface area contributed by atoms with Crippen LogP contribution in [0.4, 0.5) is 5.69 Å². The molecule has 1 heterocycles. The molecular weight excluding hydrogens is 492 g/mol. The Morgan fingerprint density at radius 1 is 0.811 bits per heavy atom. The summed E-state index contributed by atoms with van der Waals surface area (Å²) in [5, 5.41) is 2.70. The summed E-state index contributed by atoms with van der Waals surface area (Å²) < 4.78 is 38.4. The smallest absolute Gasteiger partial charge is 0.338 e. The molecule has 9 heteroatoms. The van der Waals surface area contributed by atoms with E-state index in [9.17, 15) is 18.0 Å². The zero-order valence-electron chi connectivity index (χ0n) is 20.6. The number of amides is 1. The van der Waals surface area contributed by atoms with Crippen molar-refractivity contribution in [3.05, 3.63) is 84.4 Å². The van der Waals surface area contributed by atoms with Gasteiger partial charge in [-0.25, -0.2) is 13.2 Å². The summed E-state index contributed by atoms with van der Waals surface area (Å²) in [6.07, 6.45) is 2.67. The Labute approximate surface area is 217 Å². The highest BCUT2D eigenvalue weighted by Crippen LogP contribution is 2.23. The third-order valence-corrected chi connectivity index (χ3v) is 7.96. The predicted molar refractivity (Wildman–Crippen MR) is 140 cm³/mol. The average Bonchev–Trinajstić information content (AvgIpc) is 3.21. The Balaban J connectivity index is 1.31. The highest BCUT2D eigenvalue weighted by Gasteiger charge is 2.26. The van der Waals surface area contributed by atoms with E-state index < -0.39 is 28.0 Å². The van der Waals surface area contributed by atoms with Gasteiger partial charge in [0.1, 0.15) is 11.5 Å². The van der Waals surface area contributed by atoms with Gasteiger partial charge in [-0.05, 0) is 80.4 Å². The number of para-hydroxylation sites is 1. The second kappa shape index (κ2) is 12.0.